The van der Waals surface area contributed by atoms with E-state index < -0.39 is 0 Å². The van der Waals surface area contributed by atoms with Gasteiger partial charge in [-0.15, -0.1) is 0 Å². The molecule has 0 aliphatic heterocycles. The van der Waals surface area contributed by atoms with Crippen LogP contribution in [0.1, 0.15) is 32.6 Å². The molecule has 0 fully saturated rings. The van der Waals surface area contributed by atoms with E-state index >= 15 is 0 Å². The first kappa shape index (κ1) is 7.70. The van der Waals surface area contributed by atoms with Crippen LogP contribution in [-0.2, 0) is 0 Å². The Bertz CT molecular complexity index is 84.4. The van der Waals surface area contributed by atoms with E-state index in [0.29, 0.717) is 0 Å². The van der Waals surface area contributed by atoms with Crippen LogP contribution in [0.15, 0.2) is 11.6 Å². The van der Waals surface area contributed by atoms with Crippen molar-refractivity contribution < 1.29 is 5.48 Å². The van der Waals surface area contributed by atoms with Crippen LogP contribution in [0.2, 0.25) is 0 Å². The Morgan fingerprint density at radius 1 is 1.38 bits per heavy atom. The van der Waals surface area contributed by atoms with Crippen LogP contribution in [0.3, 0.4) is 0 Å². The van der Waals surface area contributed by atoms with E-state index in [1.54, 1.807) is 5.57 Å². The maximum absolute atomic E-state index is 2.35. The Morgan fingerprint density at radius 2 is 2.12 bits per heavy atom. The lowest BCUT2D eigenvalue weighted by molar-refractivity contribution is 0.702. The molecular weight excluding hydrogens is 100 g/mol. The van der Waals surface area contributed by atoms with Crippen LogP contribution >= 0.6 is 0 Å². The van der Waals surface area contributed by atoms with Crippen molar-refractivity contribution in [3.63, 3.8) is 0 Å². The van der Waals surface area contributed by atoms with Gasteiger partial charge in [0.15, 0.2) is 0 Å². The molecule has 1 aliphatic carbocycles. The highest BCUT2D eigenvalue weighted by Crippen LogP contribution is 2.15. The molecule has 0 aromatic rings. The minimum atomic E-state index is 0. The fourth-order valence-electron chi connectivity index (χ4n) is 0.999. The van der Waals surface area contributed by atoms with Gasteiger partial charge in [0, 0.05) is 0 Å². The van der Waals surface area contributed by atoms with Gasteiger partial charge < -0.3 is 5.48 Å². The molecule has 2 N–H and O–H groups in total. The van der Waals surface area contributed by atoms with E-state index in [0.717, 1.165) is 0 Å². The van der Waals surface area contributed by atoms with Gasteiger partial charge in [0.25, 0.3) is 0 Å². The molecule has 1 rings (SSSR count). The number of rotatable bonds is 0. The Labute approximate surface area is 50.7 Å². The summed E-state index contributed by atoms with van der Waals surface area (Å²) in [6.07, 6.45) is 7.86. The largest absolute Gasteiger partial charge is 0.412 e. The van der Waals surface area contributed by atoms with Crippen molar-refractivity contribution in [2.75, 3.05) is 0 Å². The molecule has 0 atom stereocenters. The minimum Gasteiger partial charge on any atom is -0.412 e. The molecule has 0 saturated heterocycles. The lowest BCUT2D eigenvalue weighted by Gasteiger charge is -2.05. The molecule has 0 saturated carbocycles. The van der Waals surface area contributed by atoms with Crippen molar-refractivity contribution in [1.82, 2.24) is 0 Å². The first-order chi connectivity index (χ1) is 3.39. The smallest absolute Gasteiger partial charge is 0.0323 e. The predicted molar refractivity (Wildman–Crippen MR) is 35.8 cm³/mol. The molecule has 1 aliphatic rings. The van der Waals surface area contributed by atoms with Crippen molar-refractivity contribution in [3.8, 4) is 0 Å². The average Bonchev–Trinajstić information content (AvgIpc) is 1.69. The summed E-state index contributed by atoms with van der Waals surface area (Å²) in [6.45, 7) is 2.22. The maximum Gasteiger partial charge on any atom is -0.0323 e. The molecule has 0 amide bonds. The first-order valence-electron chi connectivity index (χ1n) is 3.05. The van der Waals surface area contributed by atoms with Gasteiger partial charge in [-0.2, -0.15) is 0 Å². The first-order valence-corrected chi connectivity index (χ1v) is 3.05. The Kier molecular flexibility index (Phi) is 3.53. The molecule has 0 heterocycles. The molecular formula is C7H14O. The van der Waals surface area contributed by atoms with Crippen molar-refractivity contribution in [2.45, 2.75) is 32.6 Å². The fraction of sp³-hybridized carbons (Fsp3) is 0.714. The highest BCUT2D eigenvalue weighted by molar-refractivity contribution is 5.00. The van der Waals surface area contributed by atoms with Gasteiger partial charge in [-0.25, -0.2) is 0 Å². The fourth-order valence-corrected chi connectivity index (χ4v) is 0.999. The van der Waals surface area contributed by atoms with Crippen LogP contribution in [0.25, 0.3) is 0 Å². The third-order valence-electron chi connectivity index (χ3n) is 1.52. The van der Waals surface area contributed by atoms with E-state index in [1.165, 1.54) is 25.7 Å². The second-order valence-electron chi connectivity index (χ2n) is 2.30. The third-order valence-corrected chi connectivity index (χ3v) is 1.52. The summed E-state index contributed by atoms with van der Waals surface area (Å²) in [5, 5.41) is 0. The van der Waals surface area contributed by atoms with Gasteiger partial charge in [0.05, 0.1) is 0 Å². The highest BCUT2D eigenvalue weighted by Gasteiger charge is 1.95. The molecule has 0 bridgehead atoms. The number of hydrogen-bond donors (Lipinski definition) is 0. The topological polar surface area (TPSA) is 31.5 Å². The monoisotopic (exact) mass is 114 g/mol. The predicted octanol–water partition coefficient (Wildman–Crippen LogP) is 1.68. The summed E-state index contributed by atoms with van der Waals surface area (Å²) in [6, 6.07) is 0. The zero-order valence-corrected chi connectivity index (χ0v) is 5.41. The zero-order chi connectivity index (χ0) is 5.11. The van der Waals surface area contributed by atoms with E-state index in [2.05, 4.69) is 13.0 Å². The average molecular weight is 114 g/mol. The van der Waals surface area contributed by atoms with Crippen molar-refractivity contribution in [2.24, 2.45) is 0 Å². The lowest BCUT2D eigenvalue weighted by atomic mass is 10.0. The third kappa shape index (κ3) is 2.12. The van der Waals surface area contributed by atoms with Crippen LogP contribution in [0.4, 0.5) is 0 Å². The second-order valence-corrected chi connectivity index (χ2v) is 2.30. The van der Waals surface area contributed by atoms with E-state index in [1.807, 2.05) is 0 Å². The number of allylic oxidation sites excluding steroid dienone is 2. The van der Waals surface area contributed by atoms with Crippen molar-refractivity contribution in [3.05, 3.63) is 11.6 Å². The van der Waals surface area contributed by atoms with Gasteiger partial charge in [-0.1, -0.05) is 11.6 Å². The molecule has 0 radical (unpaired) electrons. The van der Waals surface area contributed by atoms with Gasteiger partial charge in [-0.05, 0) is 32.6 Å². The lowest BCUT2D eigenvalue weighted by Crippen LogP contribution is -1.85. The van der Waals surface area contributed by atoms with Crippen LogP contribution < -0.4 is 0 Å². The molecule has 0 aromatic carbocycles. The Balaban J connectivity index is 0.000000490. The van der Waals surface area contributed by atoms with Gasteiger partial charge in [-0.3, -0.25) is 0 Å². The molecule has 0 unspecified atom stereocenters. The highest BCUT2D eigenvalue weighted by atomic mass is 16.0. The summed E-state index contributed by atoms with van der Waals surface area (Å²) < 4.78 is 0. The molecule has 0 aromatic heterocycles. The van der Waals surface area contributed by atoms with E-state index in [4.69, 9.17) is 0 Å². The van der Waals surface area contributed by atoms with Crippen LogP contribution in [-0.4, -0.2) is 5.48 Å². The van der Waals surface area contributed by atoms with Crippen LogP contribution in [0, 0.1) is 0 Å². The van der Waals surface area contributed by atoms with E-state index in [9.17, 15) is 0 Å². The molecule has 1 nitrogen and oxygen atoms in total. The molecule has 8 heavy (non-hydrogen) atoms. The van der Waals surface area contributed by atoms with Crippen molar-refractivity contribution >= 4 is 0 Å². The van der Waals surface area contributed by atoms with Gasteiger partial charge in [0.1, 0.15) is 0 Å². The summed E-state index contributed by atoms with van der Waals surface area (Å²) in [5.74, 6) is 0. The standard InChI is InChI=1S/C7H12.H2O/c1-7-5-3-2-4-6-7;/h5H,2-4,6H2,1H3;1H2. The van der Waals surface area contributed by atoms with Gasteiger partial charge in [0.2, 0.25) is 0 Å². The second kappa shape index (κ2) is 3.67. The molecule has 0 spiro atoms. The minimum absolute atomic E-state index is 0. The number of hydrogen-bond acceptors (Lipinski definition) is 0. The quantitative estimate of drug-likeness (QED) is 0.429. The Hall–Kier alpha value is -0.300. The summed E-state index contributed by atoms with van der Waals surface area (Å²) in [7, 11) is 0. The summed E-state index contributed by atoms with van der Waals surface area (Å²) in [5.41, 5.74) is 1.59. The zero-order valence-electron chi connectivity index (χ0n) is 5.41. The van der Waals surface area contributed by atoms with E-state index in [-0.39, 0.29) is 5.48 Å². The maximum atomic E-state index is 2.35. The summed E-state index contributed by atoms with van der Waals surface area (Å²) in [4.78, 5) is 0. The molecule has 48 valence electrons. The Morgan fingerprint density at radius 3 is 2.38 bits per heavy atom. The normalized spacial score (nSPS) is 18.9. The van der Waals surface area contributed by atoms with Crippen molar-refractivity contribution in [1.29, 1.82) is 0 Å². The summed E-state index contributed by atoms with van der Waals surface area (Å²) >= 11 is 0. The van der Waals surface area contributed by atoms with Gasteiger partial charge >= 0.3 is 0 Å². The van der Waals surface area contributed by atoms with Crippen LogP contribution in [0.5, 0.6) is 0 Å². The molecule has 1 heteroatoms. The SMILES string of the molecule is CC1=CCCCC1.O.